The fourth-order valence-electron chi connectivity index (χ4n) is 3.03. The van der Waals surface area contributed by atoms with E-state index in [4.69, 9.17) is 10.5 Å². The molecule has 0 radical (unpaired) electrons. The molecule has 0 aliphatic rings. The van der Waals surface area contributed by atoms with Crippen molar-refractivity contribution in [2.45, 2.75) is 13.5 Å². The van der Waals surface area contributed by atoms with Crippen LogP contribution in [0.3, 0.4) is 0 Å². The Balaban J connectivity index is 1.42. The SMILES string of the molecule is Cc1ccccc1Nc1nc(N)nc(COC(=O)c2ccc(-c3ccccc3)cc2)n1. The zero-order valence-electron chi connectivity index (χ0n) is 16.9. The molecule has 7 heteroatoms. The van der Waals surface area contributed by atoms with Gasteiger partial charge in [-0.2, -0.15) is 15.0 Å². The molecule has 0 unspecified atom stereocenters. The summed E-state index contributed by atoms with van der Waals surface area (Å²) in [5, 5.41) is 3.11. The van der Waals surface area contributed by atoms with Crippen LogP contribution in [0.25, 0.3) is 11.1 Å². The van der Waals surface area contributed by atoms with Gasteiger partial charge in [0.05, 0.1) is 5.56 Å². The Morgan fingerprint density at radius 3 is 2.29 bits per heavy atom. The van der Waals surface area contributed by atoms with Crippen LogP contribution < -0.4 is 11.1 Å². The maximum Gasteiger partial charge on any atom is 0.338 e. The van der Waals surface area contributed by atoms with Gasteiger partial charge in [0.15, 0.2) is 12.4 Å². The van der Waals surface area contributed by atoms with E-state index >= 15 is 0 Å². The number of para-hydroxylation sites is 1. The van der Waals surface area contributed by atoms with Crippen LogP contribution in [-0.2, 0) is 11.3 Å². The van der Waals surface area contributed by atoms with Crippen LogP contribution in [0.2, 0.25) is 0 Å². The van der Waals surface area contributed by atoms with Crippen molar-refractivity contribution in [3.63, 3.8) is 0 Å². The van der Waals surface area contributed by atoms with Crippen LogP contribution in [0.1, 0.15) is 21.7 Å². The van der Waals surface area contributed by atoms with Gasteiger partial charge in [-0.05, 0) is 41.8 Å². The molecular weight excluding hydrogens is 390 g/mol. The molecule has 0 aliphatic carbocycles. The summed E-state index contributed by atoms with van der Waals surface area (Å²) in [6.45, 7) is 1.85. The largest absolute Gasteiger partial charge is 0.454 e. The number of hydrogen-bond donors (Lipinski definition) is 2. The van der Waals surface area contributed by atoms with Crippen molar-refractivity contribution in [3.05, 3.63) is 95.8 Å². The van der Waals surface area contributed by atoms with Gasteiger partial charge in [0.2, 0.25) is 11.9 Å². The van der Waals surface area contributed by atoms with E-state index in [9.17, 15) is 4.79 Å². The van der Waals surface area contributed by atoms with E-state index in [1.165, 1.54) is 0 Å². The quantitative estimate of drug-likeness (QED) is 0.449. The van der Waals surface area contributed by atoms with Crippen LogP contribution in [0.5, 0.6) is 0 Å². The number of ether oxygens (including phenoxy) is 1. The molecule has 0 atom stereocenters. The Morgan fingerprint density at radius 2 is 1.55 bits per heavy atom. The monoisotopic (exact) mass is 411 g/mol. The zero-order chi connectivity index (χ0) is 21.6. The number of carbonyl (C=O) groups excluding carboxylic acids is 1. The van der Waals surface area contributed by atoms with Crippen LogP contribution >= 0.6 is 0 Å². The summed E-state index contributed by atoms with van der Waals surface area (Å²) in [5.41, 5.74) is 10.2. The van der Waals surface area contributed by atoms with Crippen LogP contribution in [0.15, 0.2) is 78.9 Å². The highest BCUT2D eigenvalue weighted by atomic mass is 16.5. The molecule has 7 nitrogen and oxygen atoms in total. The number of benzene rings is 3. The molecule has 0 spiro atoms. The fourth-order valence-corrected chi connectivity index (χ4v) is 3.03. The minimum Gasteiger partial charge on any atom is -0.454 e. The third kappa shape index (κ3) is 5.02. The Morgan fingerprint density at radius 1 is 0.871 bits per heavy atom. The molecule has 31 heavy (non-hydrogen) atoms. The lowest BCUT2D eigenvalue weighted by atomic mass is 10.0. The molecule has 0 saturated heterocycles. The average molecular weight is 411 g/mol. The first kappa shape index (κ1) is 20.0. The molecule has 0 fully saturated rings. The van der Waals surface area contributed by atoms with Crippen molar-refractivity contribution in [1.29, 1.82) is 0 Å². The minimum atomic E-state index is -0.466. The molecule has 154 valence electrons. The molecule has 1 aromatic heterocycles. The number of carbonyl (C=O) groups is 1. The summed E-state index contributed by atoms with van der Waals surface area (Å²) in [6.07, 6.45) is 0. The number of rotatable bonds is 6. The van der Waals surface area contributed by atoms with Gasteiger partial charge in [0, 0.05) is 5.69 Å². The highest BCUT2D eigenvalue weighted by Gasteiger charge is 2.11. The van der Waals surface area contributed by atoms with Gasteiger partial charge >= 0.3 is 5.97 Å². The lowest BCUT2D eigenvalue weighted by Crippen LogP contribution is -2.11. The Kier molecular flexibility index (Phi) is 5.84. The van der Waals surface area contributed by atoms with Gasteiger partial charge < -0.3 is 15.8 Å². The number of aryl methyl sites for hydroxylation is 1. The minimum absolute atomic E-state index is 0.0457. The molecule has 3 N–H and O–H groups in total. The van der Waals surface area contributed by atoms with Gasteiger partial charge in [0.25, 0.3) is 0 Å². The van der Waals surface area contributed by atoms with Gasteiger partial charge in [-0.15, -0.1) is 0 Å². The molecule has 4 aromatic rings. The summed E-state index contributed by atoms with van der Waals surface area (Å²) in [7, 11) is 0. The smallest absolute Gasteiger partial charge is 0.338 e. The number of aromatic nitrogens is 3. The first-order valence-corrected chi connectivity index (χ1v) is 9.74. The predicted octanol–water partition coefficient (Wildman–Crippen LogP) is 4.53. The molecule has 0 aliphatic heterocycles. The van der Waals surface area contributed by atoms with Gasteiger partial charge in [-0.1, -0.05) is 60.7 Å². The highest BCUT2D eigenvalue weighted by Crippen LogP contribution is 2.20. The van der Waals surface area contributed by atoms with Gasteiger partial charge in [0.1, 0.15) is 0 Å². The second kappa shape index (κ2) is 9.04. The van der Waals surface area contributed by atoms with Gasteiger partial charge in [-0.25, -0.2) is 4.79 Å². The van der Waals surface area contributed by atoms with E-state index in [0.717, 1.165) is 22.4 Å². The Labute approximate surface area is 180 Å². The first-order valence-electron chi connectivity index (χ1n) is 9.74. The summed E-state index contributed by atoms with van der Waals surface area (Å²) in [4.78, 5) is 24.9. The number of nitrogens with one attached hydrogen (secondary N) is 1. The fraction of sp³-hybridized carbons (Fsp3) is 0.0833. The highest BCUT2D eigenvalue weighted by molar-refractivity contribution is 5.90. The maximum absolute atomic E-state index is 12.4. The van der Waals surface area contributed by atoms with E-state index in [-0.39, 0.29) is 18.4 Å². The maximum atomic E-state index is 12.4. The van der Waals surface area contributed by atoms with Crippen molar-refractivity contribution < 1.29 is 9.53 Å². The lowest BCUT2D eigenvalue weighted by molar-refractivity contribution is 0.0462. The number of nitrogens with zero attached hydrogens (tertiary/aromatic N) is 3. The normalized spacial score (nSPS) is 10.5. The topological polar surface area (TPSA) is 103 Å². The third-order valence-corrected chi connectivity index (χ3v) is 4.65. The van der Waals surface area contributed by atoms with Crippen molar-refractivity contribution >= 4 is 23.6 Å². The molecule has 4 rings (SSSR count). The number of nitrogen functional groups attached to an aromatic ring is 1. The van der Waals surface area contributed by atoms with Crippen LogP contribution in [0.4, 0.5) is 17.6 Å². The van der Waals surface area contributed by atoms with Gasteiger partial charge in [-0.3, -0.25) is 0 Å². The van der Waals surface area contributed by atoms with E-state index < -0.39 is 5.97 Å². The van der Waals surface area contributed by atoms with Crippen LogP contribution in [0, 0.1) is 6.92 Å². The van der Waals surface area contributed by atoms with Crippen molar-refractivity contribution in [1.82, 2.24) is 15.0 Å². The standard InChI is InChI=1S/C24H21N5O2/c1-16-7-5-6-10-20(16)26-24-28-21(27-23(25)29-24)15-31-22(30)19-13-11-18(12-14-19)17-8-3-2-4-9-17/h2-14H,15H2,1H3,(H3,25,26,27,28,29). The zero-order valence-corrected chi connectivity index (χ0v) is 16.9. The van der Waals surface area contributed by atoms with E-state index in [2.05, 4.69) is 20.3 Å². The Hall–Kier alpha value is -4.26. The number of hydrogen-bond acceptors (Lipinski definition) is 7. The summed E-state index contributed by atoms with van der Waals surface area (Å²) < 4.78 is 5.37. The second-order valence-corrected chi connectivity index (χ2v) is 6.89. The van der Waals surface area contributed by atoms with Crippen molar-refractivity contribution in [2.24, 2.45) is 0 Å². The van der Waals surface area contributed by atoms with E-state index in [0.29, 0.717) is 11.5 Å². The average Bonchev–Trinajstić information content (AvgIpc) is 2.79. The molecule has 0 saturated carbocycles. The van der Waals surface area contributed by atoms with E-state index in [1.807, 2.05) is 73.7 Å². The lowest BCUT2D eigenvalue weighted by Gasteiger charge is -2.10. The number of esters is 1. The van der Waals surface area contributed by atoms with Crippen molar-refractivity contribution in [2.75, 3.05) is 11.1 Å². The van der Waals surface area contributed by atoms with Crippen molar-refractivity contribution in [3.8, 4) is 11.1 Å². The molecule has 0 amide bonds. The summed E-state index contributed by atoms with van der Waals surface area (Å²) >= 11 is 0. The van der Waals surface area contributed by atoms with Crippen LogP contribution in [-0.4, -0.2) is 20.9 Å². The summed E-state index contributed by atoms with van der Waals surface area (Å²) in [5.74, 6) is 0.134. The summed E-state index contributed by atoms with van der Waals surface area (Å²) in [6, 6.07) is 24.9. The molecule has 1 heterocycles. The second-order valence-electron chi connectivity index (χ2n) is 6.89. The molecular formula is C24H21N5O2. The first-order chi connectivity index (χ1) is 15.1. The molecule has 3 aromatic carbocycles. The number of anilines is 3. The van der Waals surface area contributed by atoms with E-state index in [1.54, 1.807) is 12.1 Å². The molecule has 0 bridgehead atoms. The Bertz CT molecular complexity index is 1190. The number of nitrogens with two attached hydrogens (primary N) is 1. The predicted molar refractivity (Wildman–Crippen MR) is 120 cm³/mol. The third-order valence-electron chi connectivity index (χ3n) is 4.65.